The lowest BCUT2D eigenvalue weighted by molar-refractivity contribution is -0.121. The number of nitrogens with one attached hydrogen (secondary N) is 1. The smallest absolute Gasteiger partial charge is 0.254 e. The van der Waals surface area contributed by atoms with E-state index in [1.165, 1.54) is 23.9 Å². The maximum absolute atomic E-state index is 12.4. The fourth-order valence-corrected chi connectivity index (χ4v) is 4.89. The number of amides is 1. The van der Waals surface area contributed by atoms with Crippen LogP contribution in [-0.2, 0) is 27.7 Å². The average molecular weight is 437 g/mol. The lowest BCUT2D eigenvalue weighted by Crippen LogP contribution is -2.31. The molecular weight excluding hydrogens is 412 g/mol. The molecule has 1 aliphatic rings. The molecule has 0 spiro atoms. The highest BCUT2D eigenvalue weighted by Gasteiger charge is 2.27. The SMILES string of the molecule is CCCc1cc(=O)n2c(n1)SCC2CC(=O)NCCc1ccc(S(N)(=O)=O)cc1. The molecule has 0 aliphatic carbocycles. The van der Waals surface area contributed by atoms with Gasteiger partial charge in [0, 0.05) is 30.5 Å². The van der Waals surface area contributed by atoms with E-state index in [4.69, 9.17) is 5.14 Å². The zero-order chi connectivity index (χ0) is 21.0. The van der Waals surface area contributed by atoms with Gasteiger partial charge < -0.3 is 5.32 Å². The van der Waals surface area contributed by atoms with E-state index in [1.807, 2.05) is 6.92 Å². The minimum absolute atomic E-state index is 0.0591. The van der Waals surface area contributed by atoms with Crippen molar-refractivity contribution >= 4 is 27.7 Å². The summed E-state index contributed by atoms with van der Waals surface area (Å²) in [6.45, 7) is 2.46. The Kier molecular flexibility index (Phi) is 6.76. The number of hydrogen-bond donors (Lipinski definition) is 2. The molecule has 2 heterocycles. The van der Waals surface area contributed by atoms with Crippen molar-refractivity contribution in [1.82, 2.24) is 14.9 Å². The Hall–Kier alpha value is -2.17. The lowest BCUT2D eigenvalue weighted by Gasteiger charge is -2.13. The van der Waals surface area contributed by atoms with Gasteiger partial charge >= 0.3 is 0 Å². The molecule has 156 valence electrons. The summed E-state index contributed by atoms with van der Waals surface area (Å²) in [7, 11) is -3.71. The summed E-state index contributed by atoms with van der Waals surface area (Å²) in [5.74, 6) is 0.523. The predicted molar refractivity (Wildman–Crippen MR) is 111 cm³/mol. The van der Waals surface area contributed by atoms with E-state index >= 15 is 0 Å². The van der Waals surface area contributed by atoms with Gasteiger partial charge in [-0.25, -0.2) is 18.5 Å². The molecule has 0 fully saturated rings. The molecule has 0 saturated heterocycles. The number of primary sulfonamides is 1. The van der Waals surface area contributed by atoms with Crippen molar-refractivity contribution in [2.24, 2.45) is 5.14 Å². The fraction of sp³-hybridized carbons (Fsp3) is 0.421. The van der Waals surface area contributed by atoms with Gasteiger partial charge in [-0.1, -0.05) is 37.2 Å². The Morgan fingerprint density at radius 3 is 2.69 bits per heavy atom. The number of nitrogens with zero attached hydrogens (tertiary/aromatic N) is 2. The zero-order valence-electron chi connectivity index (χ0n) is 16.1. The zero-order valence-corrected chi connectivity index (χ0v) is 17.8. The summed E-state index contributed by atoms with van der Waals surface area (Å²) in [5, 5.41) is 8.62. The molecule has 0 bridgehead atoms. The topological polar surface area (TPSA) is 124 Å². The first-order valence-corrected chi connectivity index (χ1v) is 11.9. The molecule has 2 aromatic rings. The number of carbonyl (C=O) groups excluding carboxylic acids is 1. The summed E-state index contributed by atoms with van der Waals surface area (Å²) in [4.78, 5) is 29.3. The summed E-state index contributed by atoms with van der Waals surface area (Å²) in [5.41, 5.74) is 1.59. The molecule has 1 aromatic heterocycles. The number of benzene rings is 1. The van der Waals surface area contributed by atoms with Crippen molar-refractivity contribution in [2.75, 3.05) is 12.3 Å². The van der Waals surface area contributed by atoms with Crippen molar-refractivity contribution in [1.29, 1.82) is 0 Å². The van der Waals surface area contributed by atoms with Crippen LogP contribution in [0.2, 0.25) is 0 Å². The molecular formula is C19H24N4O4S2. The second-order valence-electron chi connectivity index (χ2n) is 6.95. The van der Waals surface area contributed by atoms with Crippen LogP contribution in [0.3, 0.4) is 0 Å². The highest BCUT2D eigenvalue weighted by atomic mass is 32.2. The molecule has 1 amide bonds. The third-order valence-corrected chi connectivity index (χ3v) is 6.68. The number of fused-ring (bicyclic) bond motifs is 1. The number of carbonyl (C=O) groups is 1. The van der Waals surface area contributed by atoms with Crippen molar-refractivity contribution in [3.63, 3.8) is 0 Å². The quantitative estimate of drug-likeness (QED) is 0.600. The van der Waals surface area contributed by atoms with Gasteiger partial charge in [-0.3, -0.25) is 14.2 Å². The average Bonchev–Trinajstić information content (AvgIpc) is 3.05. The molecule has 3 rings (SSSR count). The van der Waals surface area contributed by atoms with Crippen molar-refractivity contribution in [3.05, 3.63) is 51.9 Å². The second kappa shape index (κ2) is 9.10. The maximum Gasteiger partial charge on any atom is 0.254 e. The van der Waals surface area contributed by atoms with Gasteiger partial charge in [0.1, 0.15) is 0 Å². The first kappa shape index (κ1) is 21.5. The van der Waals surface area contributed by atoms with Crippen LogP contribution in [0.5, 0.6) is 0 Å². The van der Waals surface area contributed by atoms with Gasteiger partial charge in [0.05, 0.1) is 10.9 Å². The van der Waals surface area contributed by atoms with E-state index < -0.39 is 10.0 Å². The third kappa shape index (κ3) is 5.46. The number of nitrogens with two attached hydrogens (primary N) is 1. The van der Waals surface area contributed by atoms with Crippen LogP contribution in [0.1, 0.15) is 37.1 Å². The summed E-state index contributed by atoms with van der Waals surface area (Å²) in [6, 6.07) is 7.62. The van der Waals surface area contributed by atoms with E-state index in [9.17, 15) is 18.0 Å². The van der Waals surface area contributed by atoms with Gasteiger partial charge in [0.25, 0.3) is 5.56 Å². The Labute approximate surface area is 174 Å². The molecule has 8 nitrogen and oxygen atoms in total. The first-order chi connectivity index (χ1) is 13.8. The predicted octanol–water partition coefficient (Wildman–Crippen LogP) is 1.24. The van der Waals surface area contributed by atoms with Gasteiger partial charge in [0.15, 0.2) is 5.16 Å². The highest BCUT2D eigenvalue weighted by molar-refractivity contribution is 7.99. The molecule has 0 radical (unpaired) electrons. The Morgan fingerprint density at radius 1 is 1.31 bits per heavy atom. The van der Waals surface area contributed by atoms with Gasteiger partial charge in [-0.15, -0.1) is 0 Å². The van der Waals surface area contributed by atoms with E-state index in [-0.39, 0.29) is 28.8 Å². The van der Waals surface area contributed by atoms with Crippen LogP contribution in [0.15, 0.2) is 45.2 Å². The fourth-order valence-electron chi connectivity index (χ4n) is 3.21. The van der Waals surface area contributed by atoms with E-state index in [2.05, 4.69) is 10.3 Å². The van der Waals surface area contributed by atoms with Crippen molar-refractivity contribution in [3.8, 4) is 0 Å². The van der Waals surface area contributed by atoms with Crippen LogP contribution in [-0.4, -0.2) is 36.2 Å². The molecule has 1 aromatic carbocycles. The number of hydrogen-bond acceptors (Lipinski definition) is 6. The van der Waals surface area contributed by atoms with Gasteiger partial charge in [-0.2, -0.15) is 0 Å². The monoisotopic (exact) mass is 436 g/mol. The Morgan fingerprint density at radius 2 is 2.03 bits per heavy atom. The minimum atomic E-state index is -3.71. The van der Waals surface area contributed by atoms with Crippen LogP contribution in [0.4, 0.5) is 0 Å². The standard InChI is InChI=1S/C19H24N4O4S2/c1-2-3-14-10-18(25)23-15(12-28-19(23)22-14)11-17(24)21-9-8-13-4-6-16(7-5-13)29(20,26)27/h4-7,10,15H,2-3,8-9,11-12H2,1H3,(H,21,24)(H2,20,26,27). The third-order valence-electron chi connectivity index (χ3n) is 4.66. The highest BCUT2D eigenvalue weighted by Crippen LogP contribution is 2.32. The largest absolute Gasteiger partial charge is 0.356 e. The van der Waals surface area contributed by atoms with Crippen LogP contribution in [0.25, 0.3) is 0 Å². The Balaban J connectivity index is 1.53. The van der Waals surface area contributed by atoms with Crippen LogP contribution < -0.4 is 16.0 Å². The molecule has 3 N–H and O–H groups in total. The van der Waals surface area contributed by atoms with Gasteiger partial charge in [-0.05, 0) is 30.5 Å². The summed E-state index contributed by atoms with van der Waals surface area (Å²) in [6.07, 6.45) is 2.48. The lowest BCUT2D eigenvalue weighted by atomic mass is 10.1. The van der Waals surface area contributed by atoms with Crippen molar-refractivity contribution in [2.45, 2.75) is 48.7 Å². The second-order valence-corrected chi connectivity index (χ2v) is 9.49. The molecule has 29 heavy (non-hydrogen) atoms. The number of aromatic nitrogens is 2. The molecule has 10 heteroatoms. The molecule has 1 unspecified atom stereocenters. The maximum atomic E-state index is 12.4. The first-order valence-electron chi connectivity index (χ1n) is 9.41. The molecule has 1 aliphatic heterocycles. The van der Waals surface area contributed by atoms with Crippen LogP contribution in [0, 0.1) is 0 Å². The normalized spacial score (nSPS) is 15.9. The minimum Gasteiger partial charge on any atom is -0.356 e. The van der Waals surface area contributed by atoms with Crippen LogP contribution >= 0.6 is 11.8 Å². The van der Waals surface area contributed by atoms with E-state index in [0.717, 1.165) is 24.1 Å². The van der Waals surface area contributed by atoms with E-state index in [0.29, 0.717) is 23.9 Å². The van der Waals surface area contributed by atoms with Crippen molar-refractivity contribution < 1.29 is 13.2 Å². The number of thioether (sulfide) groups is 1. The summed E-state index contributed by atoms with van der Waals surface area (Å²) < 4.78 is 24.2. The molecule has 1 atom stereocenters. The Bertz CT molecular complexity index is 1050. The van der Waals surface area contributed by atoms with E-state index in [1.54, 1.807) is 22.8 Å². The number of sulfonamides is 1. The number of aryl methyl sites for hydroxylation is 1. The van der Waals surface area contributed by atoms with Gasteiger partial charge in [0.2, 0.25) is 15.9 Å². The summed E-state index contributed by atoms with van der Waals surface area (Å²) >= 11 is 1.51. The molecule has 0 saturated carbocycles. The number of rotatable bonds is 8.